The number of piperidine rings is 1. The van der Waals surface area contributed by atoms with Gasteiger partial charge >= 0.3 is 0 Å². The van der Waals surface area contributed by atoms with Gasteiger partial charge in [0.25, 0.3) is 0 Å². The van der Waals surface area contributed by atoms with E-state index in [1.165, 1.54) is 12.8 Å². The smallest absolute Gasteiger partial charge is 0.157 e. The molecular formula is C13H17N5. The van der Waals surface area contributed by atoms with Crippen LogP contribution in [-0.2, 0) is 6.42 Å². The zero-order chi connectivity index (χ0) is 12.2. The maximum atomic E-state index is 4.48. The maximum Gasteiger partial charge on any atom is 0.157 e. The summed E-state index contributed by atoms with van der Waals surface area (Å²) in [7, 11) is 0. The molecular weight excluding hydrogens is 226 g/mol. The van der Waals surface area contributed by atoms with E-state index in [-0.39, 0.29) is 0 Å². The lowest BCUT2D eigenvalue weighted by molar-refractivity contribution is 0.373. The van der Waals surface area contributed by atoms with Crippen molar-refractivity contribution in [2.24, 2.45) is 5.92 Å². The standard InChI is InChI=1S/C13H17N5/c1-2-10(9-14-3-1)8-11-12(16-5-4-15-11)13-17-6-7-18-13/h4-7,10,14H,1-3,8-9H2,(H,17,18)/t10-/m1/s1. The third-order valence-electron chi connectivity index (χ3n) is 3.38. The number of aromatic amines is 1. The predicted molar refractivity (Wildman–Crippen MR) is 68.9 cm³/mol. The summed E-state index contributed by atoms with van der Waals surface area (Å²) in [5.74, 6) is 1.46. The highest BCUT2D eigenvalue weighted by atomic mass is 14.9. The summed E-state index contributed by atoms with van der Waals surface area (Å²) in [5.41, 5.74) is 1.93. The number of imidazole rings is 1. The first-order chi connectivity index (χ1) is 8.93. The van der Waals surface area contributed by atoms with Gasteiger partial charge in [0.15, 0.2) is 5.82 Å². The van der Waals surface area contributed by atoms with Gasteiger partial charge in [-0.05, 0) is 38.3 Å². The Morgan fingerprint density at radius 3 is 2.89 bits per heavy atom. The molecule has 1 atom stereocenters. The fraction of sp³-hybridized carbons (Fsp3) is 0.462. The van der Waals surface area contributed by atoms with Crippen molar-refractivity contribution in [1.82, 2.24) is 25.3 Å². The van der Waals surface area contributed by atoms with Crippen LogP contribution >= 0.6 is 0 Å². The summed E-state index contributed by atoms with van der Waals surface area (Å²) in [6, 6.07) is 0. The SMILES string of the molecule is c1c[nH]c(-c2nccnc2C[C@H]2CCCNC2)n1. The van der Waals surface area contributed by atoms with Crippen LogP contribution in [0.5, 0.6) is 0 Å². The van der Waals surface area contributed by atoms with Crippen molar-refractivity contribution in [3.8, 4) is 11.5 Å². The Labute approximate surface area is 106 Å². The zero-order valence-corrected chi connectivity index (χ0v) is 10.3. The Morgan fingerprint density at radius 2 is 2.11 bits per heavy atom. The second kappa shape index (κ2) is 5.27. The van der Waals surface area contributed by atoms with Gasteiger partial charge in [0.1, 0.15) is 5.69 Å². The Balaban J connectivity index is 1.83. The molecule has 2 aromatic heterocycles. The number of H-pyrrole nitrogens is 1. The topological polar surface area (TPSA) is 66.5 Å². The number of rotatable bonds is 3. The van der Waals surface area contributed by atoms with Crippen LogP contribution in [0.25, 0.3) is 11.5 Å². The number of hydrogen-bond donors (Lipinski definition) is 2. The van der Waals surface area contributed by atoms with Gasteiger partial charge in [-0.1, -0.05) is 0 Å². The summed E-state index contributed by atoms with van der Waals surface area (Å²) < 4.78 is 0. The van der Waals surface area contributed by atoms with Crippen LogP contribution < -0.4 is 5.32 Å². The monoisotopic (exact) mass is 243 g/mol. The molecule has 1 aliphatic rings. The molecule has 0 amide bonds. The van der Waals surface area contributed by atoms with Crippen molar-refractivity contribution in [3.63, 3.8) is 0 Å². The van der Waals surface area contributed by atoms with E-state index in [1.807, 2.05) is 6.20 Å². The molecule has 0 aliphatic carbocycles. The number of nitrogens with one attached hydrogen (secondary N) is 2. The molecule has 2 aromatic rings. The predicted octanol–water partition coefficient (Wildman–Crippen LogP) is 1.41. The molecule has 94 valence electrons. The van der Waals surface area contributed by atoms with Crippen LogP contribution in [-0.4, -0.2) is 33.0 Å². The molecule has 0 bridgehead atoms. The Morgan fingerprint density at radius 1 is 1.17 bits per heavy atom. The molecule has 1 fully saturated rings. The van der Waals surface area contributed by atoms with Gasteiger partial charge in [-0.15, -0.1) is 0 Å². The van der Waals surface area contributed by atoms with Crippen molar-refractivity contribution >= 4 is 0 Å². The maximum absolute atomic E-state index is 4.48. The van der Waals surface area contributed by atoms with E-state index < -0.39 is 0 Å². The summed E-state index contributed by atoms with van der Waals surface area (Å²) in [6.45, 7) is 2.22. The van der Waals surface area contributed by atoms with Gasteiger partial charge < -0.3 is 10.3 Å². The van der Waals surface area contributed by atoms with Crippen molar-refractivity contribution in [1.29, 1.82) is 0 Å². The molecule has 0 saturated carbocycles. The third kappa shape index (κ3) is 2.41. The summed E-state index contributed by atoms with van der Waals surface area (Å²) >= 11 is 0. The molecule has 5 heteroatoms. The molecule has 5 nitrogen and oxygen atoms in total. The molecule has 1 saturated heterocycles. The zero-order valence-electron chi connectivity index (χ0n) is 10.3. The Kier molecular flexibility index (Phi) is 3.32. The van der Waals surface area contributed by atoms with Crippen molar-refractivity contribution in [2.75, 3.05) is 13.1 Å². The first-order valence-electron chi connectivity index (χ1n) is 6.44. The summed E-state index contributed by atoms with van der Waals surface area (Å²) in [5, 5.41) is 3.44. The second-order valence-electron chi connectivity index (χ2n) is 4.71. The van der Waals surface area contributed by atoms with E-state index in [1.54, 1.807) is 18.6 Å². The number of hydrogen-bond acceptors (Lipinski definition) is 4. The second-order valence-corrected chi connectivity index (χ2v) is 4.71. The quantitative estimate of drug-likeness (QED) is 0.855. The lowest BCUT2D eigenvalue weighted by atomic mass is 9.94. The Bertz CT molecular complexity index is 488. The molecule has 2 N–H and O–H groups in total. The van der Waals surface area contributed by atoms with Crippen molar-refractivity contribution in [3.05, 3.63) is 30.5 Å². The highest BCUT2D eigenvalue weighted by molar-refractivity contribution is 5.51. The van der Waals surface area contributed by atoms with Gasteiger partial charge in [-0.25, -0.2) is 9.97 Å². The third-order valence-corrected chi connectivity index (χ3v) is 3.38. The van der Waals surface area contributed by atoms with E-state index >= 15 is 0 Å². The number of aromatic nitrogens is 4. The molecule has 3 heterocycles. The van der Waals surface area contributed by atoms with E-state index in [4.69, 9.17) is 0 Å². The molecule has 0 radical (unpaired) electrons. The normalized spacial score (nSPS) is 19.9. The van der Waals surface area contributed by atoms with Gasteiger partial charge in [0, 0.05) is 24.8 Å². The molecule has 0 aromatic carbocycles. The van der Waals surface area contributed by atoms with E-state index in [0.29, 0.717) is 5.92 Å². The van der Waals surface area contributed by atoms with Crippen LogP contribution in [0.15, 0.2) is 24.8 Å². The van der Waals surface area contributed by atoms with Crippen LogP contribution in [0, 0.1) is 5.92 Å². The molecule has 18 heavy (non-hydrogen) atoms. The largest absolute Gasteiger partial charge is 0.343 e. The van der Waals surface area contributed by atoms with Gasteiger partial charge in [-0.3, -0.25) is 4.98 Å². The fourth-order valence-corrected chi connectivity index (χ4v) is 2.48. The van der Waals surface area contributed by atoms with Crippen molar-refractivity contribution < 1.29 is 0 Å². The molecule has 3 rings (SSSR count). The molecule has 1 aliphatic heterocycles. The van der Waals surface area contributed by atoms with E-state index in [2.05, 4.69) is 25.3 Å². The average Bonchev–Trinajstić information content (AvgIpc) is 2.94. The van der Waals surface area contributed by atoms with E-state index in [0.717, 1.165) is 36.7 Å². The minimum atomic E-state index is 0.657. The van der Waals surface area contributed by atoms with Gasteiger partial charge in [-0.2, -0.15) is 0 Å². The fourth-order valence-electron chi connectivity index (χ4n) is 2.48. The first-order valence-corrected chi connectivity index (χ1v) is 6.44. The summed E-state index contributed by atoms with van der Waals surface area (Å²) in [6.07, 6.45) is 10.5. The van der Waals surface area contributed by atoms with Crippen LogP contribution in [0.4, 0.5) is 0 Å². The van der Waals surface area contributed by atoms with Crippen LogP contribution in [0.1, 0.15) is 18.5 Å². The Hall–Kier alpha value is -1.75. The lowest BCUT2D eigenvalue weighted by Gasteiger charge is -2.22. The minimum absolute atomic E-state index is 0.657. The highest BCUT2D eigenvalue weighted by Crippen LogP contribution is 2.21. The highest BCUT2D eigenvalue weighted by Gasteiger charge is 2.17. The van der Waals surface area contributed by atoms with Gasteiger partial charge in [0.2, 0.25) is 0 Å². The lowest BCUT2D eigenvalue weighted by Crippen LogP contribution is -2.31. The first kappa shape index (κ1) is 11.3. The van der Waals surface area contributed by atoms with Crippen molar-refractivity contribution in [2.45, 2.75) is 19.3 Å². The molecule has 0 spiro atoms. The van der Waals surface area contributed by atoms with Gasteiger partial charge in [0.05, 0.1) is 5.69 Å². The van der Waals surface area contributed by atoms with Crippen LogP contribution in [0.2, 0.25) is 0 Å². The number of nitrogens with zero attached hydrogens (tertiary/aromatic N) is 3. The minimum Gasteiger partial charge on any atom is -0.343 e. The van der Waals surface area contributed by atoms with E-state index in [9.17, 15) is 0 Å². The summed E-state index contributed by atoms with van der Waals surface area (Å²) in [4.78, 5) is 16.3. The molecule has 0 unspecified atom stereocenters. The average molecular weight is 243 g/mol. The van der Waals surface area contributed by atoms with Crippen LogP contribution in [0.3, 0.4) is 0 Å².